The fourth-order valence-corrected chi connectivity index (χ4v) is 6.80. The molecule has 1 aliphatic heterocycles. The number of phenols is 2. The van der Waals surface area contributed by atoms with Gasteiger partial charge in [0, 0.05) is 18.6 Å². The van der Waals surface area contributed by atoms with Gasteiger partial charge in [-0.3, -0.25) is 0 Å². The standard InChI is InChI=1S/C45H42O8/c46-23-24-52-45(28-32-13-5-1-6-14-32)42-40(50-30-34-17-9-3-10-18-34)26-37(49-29-33-15-7-2-8-16-33)27-41(42)53-43(36-21-22-38(47)39(48)25-36)44(45)51-31-35-19-11-4-12-20-35/h1-22,25-27,43-44,46-48H,23-24,28-31H2/t43-,44+,45?/m1/s1. The van der Waals surface area contributed by atoms with Gasteiger partial charge in [0.1, 0.15) is 42.2 Å². The summed E-state index contributed by atoms with van der Waals surface area (Å²) in [4.78, 5) is 0. The number of aromatic hydroxyl groups is 2. The second kappa shape index (κ2) is 16.7. The Labute approximate surface area is 309 Å². The molecule has 6 aromatic carbocycles. The second-order valence-electron chi connectivity index (χ2n) is 13.0. The van der Waals surface area contributed by atoms with Crippen LogP contribution < -0.4 is 14.2 Å². The first-order chi connectivity index (χ1) is 26.0. The zero-order valence-electron chi connectivity index (χ0n) is 29.2. The van der Waals surface area contributed by atoms with Crippen molar-refractivity contribution >= 4 is 0 Å². The van der Waals surface area contributed by atoms with Crippen LogP contribution in [-0.4, -0.2) is 34.6 Å². The third-order valence-corrected chi connectivity index (χ3v) is 9.30. The Bertz CT molecular complexity index is 2060. The van der Waals surface area contributed by atoms with E-state index in [1.807, 2.05) is 133 Å². The molecule has 1 aliphatic rings. The molecule has 6 aromatic rings. The first-order valence-electron chi connectivity index (χ1n) is 17.7. The first kappa shape index (κ1) is 35.6. The minimum Gasteiger partial charge on any atom is -0.504 e. The van der Waals surface area contributed by atoms with Crippen molar-refractivity contribution in [2.24, 2.45) is 0 Å². The van der Waals surface area contributed by atoms with Gasteiger partial charge >= 0.3 is 0 Å². The van der Waals surface area contributed by atoms with Crippen LogP contribution >= 0.6 is 0 Å². The van der Waals surface area contributed by atoms with Gasteiger partial charge in [-0.1, -0.05) is 127 Å². The van der Waals surface area contributed by atoms with Crippen LogP contribution in [0.4, 0.5) is 0 Å². The quantitative estimate of drug-likeness (QED) is 0.0913. The number of hydrogen-bond acceptors (Lipinski definition) is 8. The number of ether oxygens (including phenoxy) is 5. The van der Waals surface area contributed by atoms with E-state index in [0.29, 0.717) is 41.4 Å². The van der Waals surface area contributed by atoms with E-state index in [0.717, 1.165) is 22.3 Å². The zero-order chi connectivity index (χ0) is 36.5. The highest BCUT2D eigenvalue weighted by atomic mass is 16.6. The average Bonchev–Trinajstić information content (AvgIpc) is 3.20. The summed E-state index contributed by atoms with van der Waals surface area (Å²) < 4.78 is 33.9. The van der Waals surface area contributed by atoms with Crippen molar-refractivity contribution in [2.75, 3.05) is 13.2 Å². The van der Waals surface area contributed by atoms with Crippen molar-refractivity contribution in [2.45, 2.75) is 44.1 Å². The number of aliphatic hydroxyl groups is 1. The lowest BCUT2D eigenvalue weighted by Gasteiger charge is -2.49. The highest BCUT2D eigenvalue weighted by molar-refractivity contribution is 5.57. The van der Waals surface area contributed by atoms with Crippen LogP contribution in [0, 0.1) is 0 Å². The van der Waals surface area contributed by atoms with Crippen LogP contribution in [0.15, 0.2) is 152 Å². The number of aliphatic hydroxyl groups excluding tert-OH is 1. The third-order valence-electron chi connectivity index (χ3n) is 9.30. The van der Waals surface area contributed by atoms with Crippen molar-refractivity contribution in [1.82, 2.24) is 0 Å². The van der Waals surface area contributed by atoms with Gasteiger partial charge in [0.25, 0.3) is 0 Å². The van der Waals surface area contributed by atoms with E-state index in [1.165, 1.54) is 12.1 Å². The molecular formula is C45H42O8. The summed E-state index contributed by atoms with van der Waals surface area (Å²) in [6.07, 6.45) is -1.40. The summed E-state index contributed by atoms with van der Waals surface area (Å²) in [6.45, 7) is 0.507. The van der Waals surface area contributed by atoms with E-state index in [-0.39, 0.29) is 37.9 Å². The summed E-state index contributed by atoms with van der Waals surface area (Å²) >= 11 is 0. The maximum Gasteiger partial charge on any atom is 0.157 e. The molecule has 3 atom stereocenters. The maximum absolute atomic E-state index is 10.7. The van der Waals surface area contributed by atoms with E-state index in [1.54, 1.807) is 6.07 Å². The Kier molecular flexibility index (Phi) is 11.2. The van der Waals surface area contributed by atoms with Gasteiger partial charge < -0.3 is 39.0 Å². The molecule has 1 heterocycles. The SMILES string of the molecule is OCCOC1(Cc2ccccc2)c2c(OCc3ccccc3)cc(OCc3ccccc3)cc2O[C@H](c2ccc(O)c(O)c2)[C@@H]1OCc1ccccc1. The predicted molar refractivity (Wildman–Crippen MR) is 201 cm³/mol. The van der Waals surface area contributed by atoms with Crippen molar-refractivity contribution < 1.29 is 39.0 Å². The highest BCUT2D eigenvalue weighted by Gasteiger charge is 2.55. The van der Waals surface area contributed by atoms with Gasteiger partial charge in [-0.05, 0) is 39.9 Å². The molecule has 0 bridgehead atoms. The fraction of sp³-hybridized carbons (Fsp3) is 0.200. The van der Waals surface area contributed by atoms with Crippen LogP contribution in [0.3, 0.4) is 0 Å². The molecule has 0 saturated heterocycles. The smallest absolute Gasteiger partial charge is 0.157 e. The summed E-state index contributed by atoms with van der Waals surface area (Å²) in [5, 5.41) is 31.3. The molecule has 0 aromatic heterocycles. The number of benzene rings is 6. The Morgan fingerprint density at radius 1 is 0.585 bits per heavy atom. The number of hydrogen-bond donors (Lipinski definition) is 3. The molecule has 270 valence electrons. The second-order valence-corrected chi connectivity index (χ2v) is 13.0. The number of rotatable bonds is 15. The number of fused-ring (bicyclic) bond motifs is 1. The predicted octanol–water partition coefficient (Wildman–Crippen LogP) is 8.42. The topological polar surface area (TPSA) is 107 Å². The van der Waals surface area contributed by atoms with E-state index < -0.39 is 17.8 Å². The Morgan fingerprint density at radius 3 is 1.74 bits per heavy atom. The molecule has 3 N–H and O–H groups in total. The van der Waals surface area contributed by atoms with Crippen molar-refractivity contribution in [3.05, 3.63) is 185 Å². The molecule has 1 unspecified atom stereocenters. The zero-order valence-corrected chi connectivity index (χ0v) is 29.2. The fourth-order valence-electron chi connectivity index (χ4n) is 6.80. The Balaban J connectivity index is 1.43. The molecule has 8 nitrogen and oxygen atoms in total. The lowest BCUT2D eigenvalue weighted by atomic mass is 9.75. The van der Waals surface area contributed by atoms with E-state index in [4.69, 9.17) is 23.7 Å². The van der Waals surface area contributed by atoms with Gasteiger partial charge in [0.2, 0.25) is 0 Å². The van der Waals surface area contributed by atoms with Crippen molar-refractivity contribution in [3.8, 4) is 28.7 Å². The van der Waals surface area contributed by atoms with Gasteiger partial charge in [0.05, 0.1) is 25.4 Å². The summed E-state index contributed by atoms with van der Waals surface area (Å²) in [6, 6.07) is 47.8. The third kappa shape index (κ3) is 8.31. The largest absolute Gasteiger partial charge is 0.504 e. The maximum atomic E-state index is 10.7. The Morgan fingerprint density at radius 2 is 1.15 bits per heavy atom. The minimum atomic E-state index is -1.31. The minimum absolute atomic E-state index is 0.0185. The molecule has 7 rings (SSSR count). The van der Waals surface area contributed by atoms with Crippen molar-refractivity contribution in [3.63, 3.8) is 0 Å². The molecular weight excluding hydrogens is 668 g/mol. The lowest BCUT2D eigenvalue weighted by molar-refractivity contribution is -0.205. The normalized spacial score (nSPS) is 17.8. The van der Waals surface area contributed by atoms with Gasteiger partial charge in [-0.15, -0.1) is 0 Å². The van der Waals surface area contributed by atoms with Crippen LogP contribution in [0.5, 0.6) is 28.7 Å². The highest BCUT2D eigenvalue weighted by Crippen LogP contribution is 2.55. The summed E-state index contributed by atoms with van der Waals surface area (Å²) in [5.74, 6) is 0.873. The van der Waals surface area contributed by atoms with Crippen LogP contribution in [0.2, 0.25) is 0 Å². The van der Waals surface area contributed by atoms with Crippen LogP contribution in [0.25, 0.3) is 0 Å². The van der Waals surface area contributed by atoms with E-state index in [9.17, 15) is 15.3 Å². The lowest BCUT2D eigenvalue weighted by Crippen LogP contribution is -2.53. The van der Waals surface area contributed by atoms with Crippen LogP contribution in [0.1, 0.15) is 39.5 Å². The molecule has 0 spiro atoms. The monoisotopic (exact) mass is 710 g/mol. The number of phenolic OH excluding ortho intramolecular Hbond substituents is 2. The van der Waals surface area contributed by atoms with E-state index in [2.05, 4.69) is 0 Å². The van der Waals surface area contributed by atoms with Crippen LogP contribution in [-0.2, 0) is 41.3 Å². The molecule has 0 saturated carbocycles. The molecule has 8 heteroatoms. The Hall–Kier alpha value is -5.80. The van der Waals surface area contributed by atoms with Crippen molar-refractivity contribution in [1.29, 1.82) is 0 Å². The summed E-state index contributed by atoms with van der Waals surface area (Å²) in [7, 11) is 0. The van der Waals surface area contributed by atoms with Gasteiger partial charge in [0.15, 0.2) is 17.6 Å². The molecule has 0 aliphatic carbocycles. The average molecular weight is 711 g/mol. The summed E-state index contributed by atoms with van der Waals surface area (Å²) in [5.41, 5.74) is 3.70. The van der Waals surface area contributed by atoms with E-state index >= 15 is 0 Å². The van der Waals surface area contributed by atoms with Gasteiger partial charge in [-0.2, -0.15) is 0 Å². The van der Waals surface area contributed by atoms with Gasteiger partial charge in [-0.25, -0.2) is 0 Å². The first-order valence-corrected chi connectivity index (χ1v) is 17.7. The molecule has 0 fully saturated rings. The molecule has 0 radical (unpaired) electrons. The molecule has 53 heavy (non-hydrogen) atoms. The molecule has 0 amide bonds.